The van der Waals surface area contributed by atoms with Gasteiger partial charge in [0.05, 0.1) is 7.11 Å². The predicted octanol–water partition coefficient (Wildman–Crippen LogP) is 4.81. The van der Waals surface area contributed by atoms with Crippen molar-refractivity contribution in [2.45, 2.75) is 37.6 Å². The number of hydrogen-bond donors (Lipinski definition) is 4. The Labute approximate surface area is 216 Å². The van der Waals surface area contributed by atoms with E-state index in [1.54, 1.807) is 7.11 Å². The lowest BCUT2D eigenvalue weighted by Crippen LogP contribution is -2.40. The lowest BCUT2D eigenvalue weighted by Gasteiger charge is -2.35. The molecule has 0 radical (unpaired) electrons. The van der Waals surface area contributed by atoms with Crippen LogP contribution >= 0.6 is 0 Å². The van der Waals surface area contributed by atoms with Gasteiger partial charge in [-0.05, 0) is 72.7 Å². The van der Waals surface area contributed by atoms with Gasteiger partial charge in [-0.25, -0.2) is 9.59 Å². The SMILES string of the molecule is COc1ccc2c(c1)[C@@H](Cc1ccccc1)[C@H](NCCc1c[nH]c3ccccc13)CC2.O=C(O)C(=O)O. The molecule has 192 valence electrons. The molecule has 0 amide bonds. The summed E-state index contributed by atoms with van der Waals surface area (Å²) >= 11 is 0. The molecule has 0 aliphatic heterocycles. The van der Waals surface area contributed by atoms with Crippen LogP contribution < -0.4 is 10.1 Å². The number of aromatic amines is 1. The van der Waals surface area contributed by atoms with E-state index in [9.17, 15) is 0 Å². The molecule has 7 nitrogen and oxygen atoms in total. The second-order valence-electron chi connectivity index (χ2n) is 9.18. The van der Waals surface area contributed by atoms with Gasteiger partial charge in [0, 0.05) is 29.1 Å². The number of benzene rings is 3. The van der Waals surface area contributed by atoms with Crippen molar-refractivity contribution >= 4 is 22.8 Å². The van der Waals surface area contributed by atoms with Crippen molar-refractivity contribution in [3.8, 4) is 5.75 Å². The molecule has 4 aromatic rings. The average molecular weight is 501 g/mol. The van der Waals surface area contributed by atoms with Crippen molar-refractivity contribution in [1.29, 1.82) is 0 Å². The molecular weight excluding hydrogens is 468 g/mol. The normalized spacial score (nSPS) is 16.4. The van der Waals surface area contributed by atoms with Crippen LogP contribution in [0.5, 0.6) is 5.75 Å². The largest absolute Gasteiger partial charge is 0.497 e. The van der Waals surface area contributed by atoms with Gasteiger partial charge in [-0.15, -0.1) is 0 Å². The Morgan fingerprint density at radius 2 is 1.73 bits per heavy atom. The molecule has 5 rings (SSSR count). The second-order valence-corrected chi connectivity index (χ2v) is 9.18. The minimum absolute atomic E-state index is 0.448. The molecule has 0 bridgehead atoms. The number of nitrogens with one attached hydrogen (secondary N) is 2. The quantitative estimate of drug-likeness (QED) is 0.271. The highest BCUT2D eigenvalue weighted by molar-refractivity contribution is 6.27. The highest BCUT2D eigenvalue weighted by atomic mass is 16.5. The lowest BCUT2D eigenvalue weighted by atomic mass is 9.76. The van der Waals surface area contributed by atoms with Gasteiger partial charge in [0.1, 0.15) is 5.75 Å². The molecule has 2 atom stereocenters. The van der Waals surface area contributed by atoms with Gasteiger partial charge >= 0.3 is 11.9 Å². The molecule has 3 aromatic carbocycles. The molecule has 0 spiro atoms. The Hall–Kier alpha value is -4.10. The smallest absolute Gasteiger partial charge is 0.414 e. The fraction of sp³-hybridized carbons (Fsp3) is 0.267. The minimum atomic E-state index is -1.82. The van der Waals surface area contributed by atoms with Gasteiger partial charge in [0.2, 0.25) is 0 Å². The van der Waals surface area contributed by atoms with Crippen LogP contribution in [-0.2, 0) is 28.9 Å². The van der Waals surface area contributed by atoms with Crippen molar-refractivity contribution in [1.82, 2.24) is 10.3 Å². The Kier molecular flexibility index (Phi) is 8.59. The van der Waals surface area contributed by atoms with E-state index in [-0.39, 0.29) is 0 Å². The zero-order chi connectivity index (χ0) is 26.2. The fourth-order valence-electron chi connectivity index (χ4n) is 5.10. The van der Waals surface area contributed by atoms with E-state index in [1.165, 1.54) is 39.6 Å². The summed E-state index contributed by atoms with van der Waals surface area (Å²) in [5.74, 6) is -2.24. The molecule has 7 heteroatoms. The number of carboxylic acid groups (broad SMARTS) is 2. The van der Waals surface area contributed by atoms with E-state index in [1.807, 2.05) is 0 Å². The molecule has 1 aliphatic rings. The molecule has 4 N–H and O–H groups in total. The van der Waals surface area contributed by atoms with Crippen LogP contribution in [0.25, 0.3) is 10.9 Å². The van der Waals surface area contributed by atoms with E-state index in [0.29, 0.717) is 12.0 Å². The van der Waals surface area contributed by atoms with Crippen molar-refractivity contribution in [2.24, 2.45) is 0 Å². The third-order valence-corrected chi connectivity index (χ3v) is 6.92. The Morgan fingerprint density at radius 1 is 1.00 bits per heavy atom. The maximum Gasteiger partial charge on any atom is 0.414 e. The number of hydrogen-bond acceptors (Lipinski definition) is 4. The van der Waals surface area contributed by atoms with Crippen molar-refractivity contribution in [3.63, 3.8) is 0 Å². The number of ether oxygens (including phenoxy) is 1. The number of carbonyl (C=O) groups is 2. The highest BCUT2D eigenvalue weighted by Crippen LogP contribution is 2.36. The Bertz CT molecular complexity index is 1340. The molecule has 0 unspecified atom stereocenters. The summed E-state index contributed by atoms with van der Waals surface area (Å²) in [6.45, 7) is 0.983. The maximum atomic E-state index is 9.10. The predicted molar refractivity (Wildman–Crippen MR) is 143 cm³/mol. The van der Waals surface area contributed by atoms with E-state index in [0.717, 1.165) is 31.6 Å². The third-order valence-electron chi connectivity index (χ3n) is 6.92. The Morgan fingerprint density at radius 3 is 2.46 bits per heavy atom. The van der Waals surface area contributed by atoms with Crippen LogP contribution in [0.15, 0.2) is 79.0 Å². The Balaban J connectivity index is 0.000000480. The number of H-pyrrole nitrogens is 1. The summed E-state index contributed by atoms with van der Waals surface area (Å²) in [5, 5.41) is 20.0. The first-order chi connectivity index (χ1) is 18.0. The molecule has 37 heavy (non-hydrogen) atoms. The van der Waals surface area contributed by atoms with Gasteiger partial charge in [0.25, 0.3) is 0 Å². The zero-order valence-electron chi connectivity index (χ0n) is 20.8. The van der Waals surface area contributed by atoms with E-state index in [2.05, 4.69) is 89.3 Å². The maximum absolute atomic E-state index is 9.10. The molecule has 0 saturated carbocycles. The highest BCUT2D eigenvalue weighted by Gasteiger charge is 2.29. The van der Waals surface area contributed by atoms with Crippen LogP contribution in [0, 0.1) is 0 Å². The van der Waals surface area contributed by atoms with E-state index >= 15 is 0 Å². The average Bonchev–Trinajstić information content (AvgIpc) is 3.33. The van der Waals surface area contributed by atoms with Crippen LogP contribution in [0.2, 0.25) is 0 Å². The molecule has 1 aliphatic carbocycles. The van der Waals surface area contributed by atoms with E-state index in [4.69, 9.17) is 24.5 Å². The number of methoxy groups -OCH3 is 1. The van der Waals surface area contributed by atoms with Crippen LogP contribution in [0.3, 0.4) is 0 Å². The van der Waals surface area contributed by atoms with Gasteiger partial charge in [0.15, 0.2) is 0 Å². The van der Waals surface area contributed by atoms with Crippen molar-refractivity contribution < 1.29 is 24.5 Å². The number of fused-ring (bicyclic) bond motifs is 2. The van der Waals surface area contributed by atoms with Gasteiger partial charge in [-0.3, -0.25) is 0 Å². The standard InChI is InChI=1S/C28H30N2O.C2H2O4/c1-31-23-13-11-21-12-14-28(26(25(21)18-23)17-20-7-3-2-4-8-20)29-16-15-22-19-30-27-10-6-5-9-24(22)27;3-1(4)2(5)6/h2-11,13,18-19,26,28-30H,12,14-17H2,1H3;(H,3,4)(H,5,6)/t26-,28-;/m1./s1. The fourth-order valence-corrected chi connectivity index (χ4v) is 5.10. The third kappa shape index (κ3) is 6.57. The summed E-state index contributed by atoms with van der Waals surface area (Å²) in [6.07, 6.45) is 6.53. The number of aryl methyl sites for hydroxylation is 1. The van der Waals surface area contributed by atoms with Crippen LogP contribution in [-0.4, -0.2) is 46.8 Å². The first-order valence-electron chi connectivity index (χ1n) is 12.4. The first kappa shape index (κ1) is 26.0. The summed E-state index contributed by atoms with van der Waals surface area (Å²) in [4.78, 5) is 21.6. The molecule has 1 heterocycles. The lowest BCUT2D eigenvalue weighted by molar-refractivity contribution is -0.159. The summed E-state index contributed by atoms with van der Waals surface area (Å²) in [7, 11) is 1.76. The number of para-hydroxylation sites is 1. The van der Waals surface area contributed by atoms with Gasteiger partial charge in [-0.1, -0.05) is 54.6 Å². The van der Waals surface area contributed by atoms with Crippen molar-refractivity contribution in [2.75, 3.05) is 13.7 Å². The van der Waals surface area contributed by atoms with E-state index < -0.39 is 11.9 Å². The number of aliphatic carboxylic acids is 2. The topological polar surface area (TPSA) is 112 Å². The summed E-state index contributed by atoms with van der Waals surface area (Å²) < 4.78 is 5.56. The van der Waals surface area contributed by atoms with Crippen LogP contribution in [0.4, 0.5) is 0 Å². The monoisotopic (exact) mass is 500 g/mol. The zero-order valence-corrected chi connectivity index (χ0v) is 20.8. The van der Waals surface area contributed by atoms with Crippen LogP contribution in [0.1, 0.15) is 34.6 Å². The molecular formula is C30H32N2O5. The minimum Gasteiger partial charge on any atom is -0.497 e. The number of carboxylic acids is 2. The molecule has 1 aromatic heterocycles. The summed E-state index contributed by atoms with van der Waals surface area (Å²) in [5.41, 5.74) is 6.92. The number of aromatic nitrogens is 1. The first-order valence-corrected chi connectivity index (χ1v) is 12.4. The number of rotatable bonds is 7. The van der Waals surface area contributed by atoms with Gasteiger partial charge < -0.3 is 25.3 Å². The van der Waals surface area contributed by atoms with Gasteiger partial charge in [-0.2, -0.15) is 0 Å². The molecule has 0 fully saturated rings. The summed E-state index contributed by atoms with van der Waals surface area (Å²) in [6, 6.07) is 26.5. The second kappa shape index (κ2) is 12.2. The van der Waals surface area contributed by atoms with Crippen molar-refractivity contribution in [3.05, 3.63) is 101 Å². The molecule has 0 saturated heterocycles.